The first-order valence-electron chi connectivity index (χ1n) is 11.7. The molecule has 0 amide bonds. The van der Waals surface area contributed by atoms with E-state index in [2.05, 4.69) is 9.47 Å². The van der Waals surface area contributed by atoms with E-state index in [9.17, 15) is 33.2 Å². The van der Waals surface area contributed by atoms with Crippen LogP contribution in [0.1, 0.15) is 39.5 Å². The number of alkyl halides is 2. The Morgan fingerprint density at radius 1 is 1.10 bits per heavy atom. The number of phosphoric ester groups is 1. The first kappa shape index (κ1) is 33.3. The zero-order valence-corrected chi connectivity index (χ0v) is 23.1. The van der Waals surface area contributed by atoms with E-state index >= 15 is 4.39 Å². The van der Waals surface area contributed by atoms with Crippen LogP contribution >= 0.6 is 7.82 Å². The topological polar surface area (TPSA) is 200 Å². The molecule has 1 aromatic heterocycles. The third-order valence-corrected chi connectivity index (χ3v) is 6.31. The highest BCUT2D eigenvalue weighted by atomic mass is 31.2. The number of carbonyl (C=O) groups excluding carboxylic acids is 2. The average Bonchev–Trinajstić information content (AvgIpc) is 3.10. The quantitative estimate of drug-likeness (QED) is 0.188. The van der Waals surface area contributed by atoms with E-state index in [1.807, 2.05) is 4.98 Å². The molecule has 19 heteroatoms. The number of nitrogens with zero attached hydrogens (tertiary/aromatic N) is 1. The van der Waals surface area contributed by atoms with Crippen molar-refractivity contribution in [2.75, 3.05) is 26.9 Å². The van der Waals surface area contributed by atoms with Crippen LogP contribution in [0.2, 0.25) is 0 Å². The molecular weight excluding hydrogens is 573 g/mol. The van der Waals surface area contributed by atoms with Crippen molar-refractivity contribution < 1.29 is 65.3 Å². The number of aryl methyl sites for hydroxylation is 1. The maximum absolute atomic E-state index is 15.0. The summed E-state index contributed by atoms with van der Waals surface area (Å²) in [4.78, 5) is 48.9. The number of halogens is 2. The van der Waals surface area contributed by atoms with Crippen LogP contribution in [-0.2, 0) is 41.8 Å². The minimum Gasteiger partial charge on any atom is -0.432 e. The number of hydrogen-bond donors (Lipinski definition) is 2. The lowest BCUT2D eigenvalue weighted by atomic mass is 9.98. The number of H-pyrrole nitrogens is 1. The number of aromatic amines is 1. The molecule has 0 unspecified atom stereocenters. The molecular formula is C21H31F2N2O14P. The molecule has 2 heterocycles. The highest BCUT2D eigenvalue weighted by Gasteiger charge is 2.57. The lowest BCUT2D eigenvalue weighted by Gasteiger charge is -2.29. The Morgan fingerprint density at radius 3 is 2.10 bits per heavy atom. The van der Waals surface area contributed by atoms with Crippen molar-refractivity contribution in [3.63, 3.8) is 0 Å². The van der Waals surface area contributed by atoms with Gasteiger partial charge < -0.3 is 28.8 Å². The highest BCUT2D eigenvalue weighted by molar-refractivity contribution is 7.48. The summed E-state index contributed by atoms with van der Waals surface area (Å²) < 4.78 is 81.5. The normalized spacial score (nSPS) is 22.9. The van der Waals surface area contributed by atoms with E-state index in [-0.39, 0.29) is 5.56 Å². The molecule has 16 nitrogen and oxygen atoms in total. The van der Waals surface area contributed by atoms with E-state index in [4.69, 9.17) is 27.8 Å². The molecule has 0 radical (unpaired) electrons. The summed E-state index contributed by atoms with van der Waals surface area (Å²) in [6.07, 6.45) is -9.29. The second-order valence-electron chi connectivity index (χ2n) is 8.91. The molecule has 228 valence electrons. The van der Waals surface area contributed by atoms with E-state index in [0.717, 1.165) is 6.20 Å². The van der Waals surface area contributed by atoms with Crippen LogP contribution in [0.25, 0.3) is 0 Å². The van der Waals surface area contributed by atoms with E-state index < -0.39 is 94.6 Å². The van der Waals surface area contributed by atoms with Gasteiger partial charge in [0.2, 0.25) is 13.6 Å². The predicted molar refractivity (Wildman–Crippen MR) is 127 cm³/mol. The fourth-order valence-electron chi connectivity index (χ4n) is 3.11. The van der Waals surface area contributed by atoms with Gasteiger partial charge in [-0.25, -0.2) is 36.8 Å². The standard InChI is InChI=1S/C21H31F2N2O14P/c1-11(2)37-19(29)32-9-35-40(31,36-10-33-20(30)38-12(3)4)34-8-21(7-22)15(26)14(23)17(39-21)25-6-13(5)16(27)24-18(25)28/h6,11-12,14-15,17,26H,7-10H2,1-5H3,(H,24,27,28)/t14-,15-,17+,21+/m0/s1. The summed E-state index contributed by atoms with van der Waals surface area (Å²) in [5.74, 6) is 0. The summed E-state index contributed by atoms with van der Waals surface area (Å²) in [5.41, 5.74) is -4.45. The summed E-state index contributed by atoms with van der Waals surface area (Å²) in [6.45, 7) is 2.36. The molecule has 1 saturated heterocycles. The van der Waals surface area contributed by atoms with Crippen LogP contribution in [0, 0.1) is 6.92 Å². The molecule has 1 aliphatic heterocycles. The first-order chi connectivity index (χ1) is 18.6. The molecule has 40 heavy (non-hydrogen) atoms. The van der Waals surface area contributed by atoms with Crippen LogP contribution in [-0.4, -0.2) is 83.9 Å². The minimum atomic E-state index is -4.93. The smallest absolute Gasteiger partial charge is 0.432 e. The van der Waals surface area contributed by atoms with Crippen LogP contribution < -0.4 is 11.2 Å². The van der Waals surface area contributed by atoms with Crippen molar-refractivity contribution >= 4 is 20.1 Å². The molecule has 0 aromatic carbocycles. The van der Waals surface area contributed by atoms with Crippen molar-refractivity contribution in [2.24, 2.45) is 0 Å². The van der Waals surface area contributed by atoms with Crippen LogP contribution in [0.15, 0.2) is 15.8 Å². The Morgan fingerprint density at radius 2 is 1.62 bits per heavy atom. The van der Waals surface area contributed by atoms with Gasteiger partial charge in [-0.15, -0.1) is 0 Å². The van der Waals surface area contributed by atoms with Gasteiger partial charge in [0.05, 0.1) is 18.8 Å². The fraction of sp³-hybridized carbons (Fsp3) is 0.714. The monoisotopic (exact) mass is 604 g/mol. The second-order valence-corrected chi connectivity index (χ2v) is 10.6. The predicted octanol–water partition coefficient (Wildman–Crippen LogP) is 1.98. The SMILES string of the molecule is Cc1cn([C@@H]2O[C@](CF)(COP(=O)(OCOC(=O)OC(C)C)OCOC(=O)OC(C)C)[C@@H](O)[C@@H]2F)c(=O)[nH]c1=O. The molecule has 1 aromatic rings. The van der Waals surface area contributed by atoms with Crippen LogP contribution in [0.4, 0.5) is 18.4 Å². The van der Waals surface area contributed by atoms with Gasteiger partial charge in [-0.3, -0.25) is 18.9 Å². The largest absolute Gasteiger partial charge is 0.510 e. The number of nitrogens with one attached hydrogen (secondary N) is 1. The second kappa shape index (κ2) is 14.1. The fourth-order valence-corrected chi connectivity index (χ4v) is 4.07. The van der Waals surface area contributed by atoms with Gasteiger partial charge in [0.1, 0.15) is 12.8 Å². The lowest BCUT2D eigenvalue weighted by Crippen LogP contribution is -2.48. The third kappa shape index (κ3) is 8.81. The van der Waals surface area contributed by atoms with Crippen molar-refractivity contribution in [1.29, 1.82) is 0 Å². The Hall–Kier alpha value is -2.89. The van der Waals surface area contributed by atoms with Crippen molar-refractivity contribution in [1.82, 2.24) is 9.55 Å². The summed E-state index contributed by atoms with van der Waals surface area (Å²) >= 11 is 0. The first-order valence-corrected chi connectivity index (χ1v) is 13.2. The van der Waals surface area contributed by atoms with Crippen LogP contribution in [0.3, 0.4) is 0 Å². The molecule has 0 aliphatic carbocycles. The van der Waals surface area contributed by atoms with Gasteiger partial charge in [0.15, 0.2) is 18.0 Å². The highest BCUT2D eigenvalue weighted by Crippen LogP contribution is 2.51. The number of rotatable bonds is 13. The lowest BCUT2D eigenvalue weighted by molar-refractivity contribution is -0.140. The van der Waals surface area contributed by atoms with Gasteiger partial charge in [0.25, 0.3) is 5.56 Å². The molecule has 1 aliphatic rings. The zero-order valence-electron chi connectivity index (χ0n) is 22.2. The number of aromatic nitrogens is 2. The van der Waals surface area contributed by atoms with Crippen LogP contribution in [0.5, 0.6) is 0 Å². The van der Waals surface area contributed by atoms with Gasteiger partial charge in [0, 0.05) is 11.8 Å². The summed E-state index contributed by atoms with van der Waals surface area (Å²) in [7, 11) is -4.93. The number of ether oxygens (including phenoxy) is 5. The van der Waals surface area contributed by atoms with Gasteiger partial charge in [-0.1, -0.05) is 0 Å². The number of hydrogen-bond acceptors (Lipinski definition) is 14. The number of phosphoric acid groups is 1. The molecule has 4 atom stereocenters. The number of carbonyl (C=O) groups is 2. The minimum absolute atomic E-state index is 0.0165. The summed E-state index contributed by atoms with van der Waals surface area (Å²) in [5, 5.41) is 10.5. The molecule has 2 rings (SSSR count). The van der Waals surface area contributed by atoms with Gasteiger partial charge >= 0.3 is 25.8 Å². The van der Waals surface area contributed by atoms with Gasteiger partial charge in [-0.2, -0.15) is 0 Å². The van der Waals surface area contributed by atoms with E-state index in [0.29, 0.717) is 4.57 Å². The van der Waals surface area contributed by atoms with Crippen molar-refractivity contribution in [3.8, 4) is 0 Å². The molecule has 0 spiro atoms. The third-order valence-electron chi connectivity index (χ3n) is 5.02. The Kier molecular flexibility index (Phi) is 11.8. The number of aliphatic hydroxyl groups is 1. The van der Waals surface area contributed by atoms with Gasteiger partial charge in [-0.05, 0) is 34.6 Å². The summed E-state index contributed by atoms with van der Waals surface area (Å²) in [6, 6.07) is 0. The average molecular weight is 604 g/mol. The van der Waals surface area contributed by atoms with Crippen molar-refractivity contribution in [2.45, 2.75) is 70.9 Å². The zero-order chi connectivity index (χ0) is 30.3. The molecule has 0 bridgehead atoms. The molecule has 2 N–H and O–H groups in total. The number of aliphatic hydroxyl groups excluding tert-OH is 1. The Labute approximate surface area is 226 Å². The Bertz CT molecular complexity index is 1160. The van der Waals surface area contributed by atoms with E-state index in [1.54, 1.807) is 0 Å². The molecule has 0 saturated carbocycles. The van der Waals surface area contributed by atoms with E-state index in [1.165, 1.54) is 34.6 Å². The van der Waals surface area contributed by atoms with Crippen molar-refractivity contribution in [3.05, 3.63) is 32.6 Å². The maximum Gasteiger partial charge on any atom is 0.510 e. The Balaban J connectivity index is 2.20. The maximum atomic E-state index is 15.0. The molecule has 1 fully saturated rings.